The van der Waals surface area contributed by atoms with E-state index in [1.165, 1.54) is 0 Å². The van der Waals surface area contributed by atoms with Gasteiger partial charge >= 0.3 is 0 Å². The highest BCUT2D eigenvalue weighted by atomic mass is 79.9. The molecule has 0 amide bonds. The lowest BCUT2D eigenvalue weighted by Crippen LogP contribution is -2.26. The van der Waals surface area contributed by atoms with E-state index in [1.54, 1.807) is 36.4 Å². The van der Waals surface area contributed by atoms with Gasteiger partial charge in [-0.1, -0.05) is 28.1 Å². The van der Waals surface area contributed by atoms with Crippen LogP contribution in [0, 0.1) is 78.8 Å². The molecule has 108 valence electrons. The minimum absolute atomic E-state index is 0.502. The molecule has 1 fully saturated rings. The lowest BCUT2D eigenvalue weighted by Gasteiger charge is -2.11. The maximum Gasteiger partial charge on any atom is 0.177 e. The summed E-state index contributed by atoms with van der Waals surface area (Å²) in [5.41, 5.74) is -3.56. The molecule has 0 aromatic heterocycles. The van der Waals surface area contributed by atoms with Crippen LogP contribution in [-0.4, -0.2) is 5.71 Å². The first kappa shape index (κ1) is 16.2. The minimum atomic E-state index is -1.80. The molecule has 0 heterocycles. The van der Waals surface area contributed by atoms with Crippen molar-refractivity contribution in [2.75, 3.05) is 0 Å². The van der Waals surface area contributed by atoms with Gasteiger partial charge in [-0.3, -0.25) is 0 Å². The molecule has 1 aromatic rings. The second-order valence-electron chi connectivity index (χ2n) is 5.04. The van der Waals surface area contributed by atoms with Gasteiger partial charge in [0.1, 0.15) is 5.41 Å². The molecule has 0 aliphatic heterocycles. The number of nitrogens with zero attached hydrogens (tertiary/aromatic N) is 5. The molecule has 23 heavy (non-hydrogen) atoms. The van der Waals surface area contributed by atoms with Gasteiger partial charge in [0, 0.05) is 10.4 Å². The monoisotopic (exact) mass is 362 g/mol. The van der Waals surface area contributed by atoms with E-state index in [-0.39, 0.29) is 0 Å². The Kier molecular flexibility index (Phi) is 3.91. The van der Waals surface area contributed by atoms with Gasteiger partial charge in [0.25, 0.3) is 0 Å². The van der Waals surface area contributed by atoms with Crippen molar-refractivity contribution in [2.24, 2.45) is 16.7 Å². The first-order chi connectivity index (χ1) is 11.0. The summed E-state index contributed by atoms with van der Waals surface area (Å²) in [6.45, 7) is 0. The van der Waals surface area contributed by atoms with Crippen molar-refractivity contribution in [1.29, 1.82) is 31.7 Å². The molecule has 0 spiro atoms. The SMILES string of the molecule is N#CC(C#N)C(=N)[C@@]1(C#N)[C@@H](c2cccc(Br)c2)C1(C#N)C#N. The number of rotatable bonds is 3. The molecular weight excluding hydrogens is 356 g/mol. The van der Waals surface area contributed by atoms with Crippen LogP contribution in [0.25, 0.3) is 0 Å². The van der Waals surface area contributed by atoms with E-state index in [0.717, 1.165) is 0 Å². The summed E-state index contributed by atoms with van der Waals surface area (Å²) in [5.74, 6) is -2.36. The molecule has 2 atom stereocenters. The highest BCUT2D eigenvalue weighted by Crippen LogP contribution is 2.74. The third kappa shape index (κ3) is 1.91. The summed E-state index contributed by atoms with van der Waals surface area (Å²) < 4.78 is 0.696. The van der Waals surface area contributed by atoms with Crippen LogP contribution in [0.3, 0.4) is 0 Å². The smallest absolute Gasteiger partial charge is 0.177 e. The van der Waals surface area contributed by atoms with Crippen LogP contribution in [0.4, 0.5) is 0 Å². The summed E-state index contributed by atoms with van der Waals surface area (Å²) in [4.78, 5) is 0. The van der Waals surface area contributed by atoms with Gasteiger partial charge in [-0.25, -0.2) is 0 Å². The zero-order valence-electron chi connectivity index (χ0n) is 11.6. The average molecular weight is 363 g/mol. The van der Waals surface area contributed by atoms with E-state index in [4.69, 9.17) is 15.9 Å². The second-order valence-corrected chi connectivity index (χ2v) is 5.96. The zero-order chi connectivity index (χ0) is 17.3. The van der Waals surface area contributed by atoms with Crippen molar-refractivity contribution in [2.45, 2.75) is 5.92 Å². The number of hydrogen-bond acceptors (Lipinski definition) is 6. The van der Waals surface area contributed by atoms with Gasteiger partial charge < -0.3 is 5.41 Å². The van der Waals surface area contributed by atoms with Crippen LogP contribution in [0.1, 0.15) is 11.5 Å². The van der Waals surface area contributed by atoms with Crippen molar-refractivity contribution in [1.82, 2.24) is 0 Å². The van der Waals surface area contributed by atoms with E-state index < -0.39 is 28.4 Å². The largest absolute Gasteiger partial charge is 0.305 e. The first-order valence-electron chi connectivity index (χ1n) is 6.36. The fourth-order valence-corrected chi connectivity index (χ4v) is 3.37. The maximum absolute atomic E-state index is 9.64. The predicted molar refractivity (Wildman–Crippen MR) is 81.0 cm³/mol. The van der Waals surface area contributed by atoms with Crippen LogP contribution in [0.2, 0.25) is 0 Å². The summed E-state index contributed by atoms with van der Waals surface area (Å²) in [6.07, 6.45) is 0. The zero-order valence-corrected chi connectivity index (χ0v) is 13.2. The molecule has 0 radical (unpaired) electrons. The Balaban J connectivity index is 2.69. The third-order valence-electron chi connectivity index (χ3n) is 4.09. The first-order valence-corrected chi connectivity index (χ1v) is 7.15. The maximum atomic E-state index is 9.64. The van der Waals surface area contributed by atoms with Crippen molar-refractivity contribution in [3.63, 3.8) is 0 Å². The molecule has 1 aliphatic carbocycles. The van der Waals surface area contributed by atoms with Crippen LogP contribution >= 0.6 is 15.9 Å². The Bertz CT molecular complexity index is 873. The Hall–Kier alpha value is -3.18. The van der Waals surface area contributed by atoms with Crippen molar-refractivity contribution >= 4 is 21.6 Å². The van der Waals surface area contributed by atoms with Crippen molar-refractivity contribution in [3.05, 3.63) is 34.3 Å². The molecule has 2 rings (SSSR count). The Morgan fingerprint density at radius 1 is 1.09 bits per heavy atom. The fourth-order valence-electron chi connectivity index (χ4n) is 2.96. The van der Waals surface area contributed by atoms with E-state index in [2.05, 4.69) is 15.9 Å². The molecule has 0 saturated heterocycles. The summed E-state index contributed by atoms with van der Waals surface area (Å²) in [5, 5.41) is 54.8. The Morgan fingerprint density at radius 3 is 2.13 bits per heavy atom. The minimum Gasteiger partial charge on any atom is -0.305 e. The summed E-state index contributed by atoms with van der Waals surface area (Å²) in [7, 11) is 0. The molecule has 1 N–H and O–H groups in total. The van der Waals surface area contributed by atoms with Crippen molar-refractivity contribution < 1.29 is 0 Å². The quantitative estimate of drug-likeness (QED) is 0.821. The van der Waals surface area contributed by atoms with E-state index in [1.807, 2.05) is 18.2 Å². The highest BCUT2D eigenvalue weighted by molar-refractivity contribution is 9.10. The number of hydrogen-bond donors (Lipinski definition) is 1. The molecule has 1 aliphatic rings. The van der Waals surface area contributed by atoms with E-state index in [0.29, 0.717) is 10.0 Å². The summed E-state index contributed by atoms with van der Waals surface area (Å²) >= 11 is 3.29. The normalized spacial score (nSPS) is 23.4. The van der Waals surface area contributed by atoms with Gasteiger partial charge in [0.05, 0.1) is 36.1 Å². The lowest BCUT2D eigenvalue weighted by molar-refractivity contribution is 0.726. The standard InChI is InChI=1S/C16H7BrN6/c17-12-3-1-2-10(4-12)13-15(7-20,8-21)16(13,9-22)14(23)11(5-18)6-19/h1-4,11,13,23H/t13-,16+/m0/s1. The van der Waals surface area contributed by atoms with Gasteiger partial charge in [-0.2, -0.15) is 26.3 Å². The predicted octanol–water partition coefficient (Wildman–Crippen LogP) is 2.77. The lowest BCUT2D eigenvalue weighted by atomic mass is 9.84. The molecular formula is C16H7BrN6. The van der Waals surface area contributed by atoms with E-state index in [9.17, 15) is 15.8 Å². The van der Waals surface area contributed by atoms with E-state index >= 15 is 0 Å². The van der Waals surface area contributed by atoms with Gasteiger partial charge in [-0.15, -0.1) is 0 Å². The molecule has 7 heteroatoms. The van der Waals surface area contributed by atoms with Gasteiger partial charge in [-0.05, 0) is 17.7 Å². The summed E-state index contributed by atoms with van der Waals surface area (Å²) in [6, 6.07) is 15.6. The topological polar surface area (TPSA) is 143 Å². The average Bonchev–Trinajstić information content (AvgIpc) is 3.19. The number of benzene rings is 1. The third-order valence-corrected chi connectivity index (χ3v) is 4.58. The Morgan fingerprint density at radius 2 is 1.70 bits per heavy atom. The van der Waals surface area contributed by atoms with Crippen LogP contribution in [0.5, 0.6) is 0 Å². The highest BCUT2D eigenvalue weighted by Gasteiger charge is 2.83. The van der Waals surface area contributed by atoms with Crippen LogP contribution in [0.15, 0.2) is 28.7 Å². The second kappa shape index (κ2) is 5.55. The van der Waals surface area contributed by atoms with Crippen LogP contribution in [-0.2, 0) is 0 Å². The fraction of sp³-hybridized carbons (Fsp3) is 0.250. The molecule has 6 nitrogen and oxygen atoms in total. The molecule has 1 aromatic carbocycles. The number of nitriles is 5. The number of nitrogens with one attached hydrogen (secondary N) is 1. The Labute approximate surface area is 141 Å². The van der Waals surface area contributed by atoms with Crippen LogP contribution < -0.4 is 0 Å². The molecule has 0 unspecified atom stereocenters. The van der Waals surface area contributed by atoms with Crippen molar-refractivity contribution in [3.8, 4) is 30.3 Å². The van der Waals surface area contributed by atoms with Gasteiger partial charge in [0.2, 0.25) is 0 Å². The van der Waals surface area contributed by atoms with Gasteiger partial charge in [0.15, 0.2) is 11.3 Å². The molecule has 0 bridgehead atoms. The number of halogens is 1. The molecule has 1 saturated carbocycles.